The molecule has 0 aliphatic rings. The number of carbonyl (C=O) groups is 1. The van der Waals surface area contributed by atoms with E-state index in [2.05, 4.69) is 0 Å². The van der Waals surface area contributed by atoms with E-state index in [1.165, 1.54) is 37.1 Å². The Balaban J connectivity index is 1.92. The monoisotopic (exact) mass is 367 g/mol. The van der Waals surface area contributed by atoms with Crippen molar-refractivity contribution in [2.45, 2.75) is 11.3 Å². The lowest BCUT2D eigenvalue weighted by Crippen LogP contribution is -2.10. The number of esters is 1. The number of nitro benzene ring substituents is 1. The average Bonchev–Trinajstić information content (AvgIpc) is 2.57. The number of benzene rings is 2. The zero-order valence-electron chi connectivity index (χ0n) is 12.7. The van der Waals surface area contributed by atoms with Crippen LogP contribution in [0.15, 0.2) is 47.4 Å². The third-order valence-electron chi connectivity index (χ3n) is 2.98. The Bertz CT molecular complexity index is 736. The molecular formula is C16H14ClNO5S. The fourth-order valence-electron chi connectivity index (χ4n) is 1.81. The number of rotatable bonds is 7. The van der Waals surface area contributed by atoms with Gasteiger partial charge in [-0.15, -0.1) is 11.8 Å². The maximum Gasteiger partial charge on any atom is 0.315 e. The van der Waals surface area contributed by atoms with Gasteiger partial charge >= 0.3 is 11.7 Å². The summed E-state index contributed by atoms with van der Waals surface area (Å²) in [6.45, 7) is 0. The zero-order valence-corrected chi connectivity index (χ0v) is 14.3. The average molecular weight is 368 g/mol. The Morgan fingerprint density at radius 3 is 2.58 bits per heavy atom. The minimum absolute atomic E-state index is 0.0951. The van der Waals surface area contributed by atoms with E-state index in [4.69, 9.17) is 21.1 Å². The van der Waals surface area contributed by atoms with Crippen LogP contribution in [-0.2, 0) is 4.79 Å². The van der Waals surface area contributed by atoms with Crippen LogP contribution in [0.25, 0.3) is 0 Å². The van der Waals surface area contributed by atoms with Gasteiger partial charge in [0.2, 0.25) is 5.75 Å². The Labute approximate surface area is 147 Å². The van der Waals surface area contributed by atoms with Crippen molar-refractivity contribution in [1.29, 1.82) is 0 Å². The van der Waals surface area contributed by atoms with Crippen molar-refractivity contribution in [3.8, 4) is 11.5 Å². The van der Waals surface area contributed by atoms with Crippen LogP contribution < -0.4 is 9.47 Å². The summed E-state index contributed by atoms with van der Waals surface area (Å²) in [5.74, 6) is 0.177. The number of carbonyl (C=O) groups excluding carboxylic acids is 1. The smallest absolute Gasteiger partial charge is 0.315 e. The molecule has 0 saturated heterocycles. The van der Waals surface area contributed by atoms with E-state index in [1.807, 2.05) is 12.1 Å². The van der Waals surface area contributed by atoms with E-state index in [-0.39, 0.29) is 17.9 Å². The molecule has 0 amide bonds. The molecular weight excluding hydrogens is 354 g/mol. The normalized spacial score (nSPS) is 10.2. The van der Waals surface area contributed by atoms with Gasteiger partial charge in [0, 0.05) is 15.7 Å². The maximum atomic E-state index is 11.9. The molecule has 0 atom stereocenters. The van der Waals surface area contributed by atoms with Crippen molar-refractivity contribution < 1.29 is 19.2 Å². The van der Waals surface area contributed by atoms with Gasteiger partial charge in [-0.2, -0.15) is 0 Å². The summed E-state index contributed by atoms with van der Waals surface area (Å²) in [5.41, 5.74) is -0.312. The fraction of sp³-hybridized carbons (Fsp3) is 0.188. The van der Waals surface area contributed by atoms with Gasteiger partial charge in [-0.25, -0.2) is 0 Å². The highest BCUT2D eigenvalue weighted by Gasteiger charge is 2.19. The Hall–Kier alpha value is -2.25. The van der Waals surface area contributed by atoms with E-state index >= 15 is 0 Å². The van der Waals surface area contributed by atoms with Crippen molar-refractivity contribution in [1.82, 2.24) is 0 Å². The molecule has 6 nitrogen and oxygen atoms in total. The molecule has 0 saturated carbocycles. The van der Waals surface area contributed by atoms with Crippen molar-refractivity contribution in [2.24, 2.45) is 0 Å². The van der Waals surface area contributed by atoms with E-state index < -0.39 is 10.9 Å². The predicted octanol–water partition coefficient (Wildman–Crippen LogP) is 4.34. The van der Waals surface area contributed by atoms with Gasteiger partial charge in [-0.1, -0.05) is 11.6 Å². The summed E-state index contributed by atoms with van der Waals surface area (Å²) in [4.78, 5) is 23.3. The van der Waals surface area contributed by atoms with Crippen LogP contribution in [0.1, 0.15) is 6.42 Å². The number of hydrogen-bond acceptors (Lipinski definition) is 6. The first-order chi connectivity index (χ1) is 11.5. The number of methoxy groups -OCH3 is 1. The van der Waals surface area contributed by atoms with Gasteiger partial charge in [-0.3, -0.25) is 14.9 Å². The lowest BCUT2D eigenvalue weighted by atomic mass is 10.3. The molecule has 2 rings (SSSR count). The van der Waals surface area contributed by atoms with Gasteiger partial charge in [0.1, 0.15) is 5.75 Å². The van der Waals surface area contributed by atoms with Crippen molar-refractivity contribution in [2.75, 3.05) is 12.9 Å². The lowest BCUT2D eigenvalue weighted by Gasteiger charge is -2.06. The number of hydrogen-bond donors (Lipinski definition) is 0. The quantitative estimate of drug-likeness (QED) is 0.238. The maximum absolute atomic E-state index is 11.9. The molecule has 0 aromatic heterocycles. The molecule has 0 aliphatic heterocycles. The van der Waals surface area contributed by atoms with Crippen LogP contribution in [0.3, 0.4) is 0 Å². The van der Waals surface area contributed by atoms with E-state index in [0.717, 1.165) is 4.90 Å². The van der Waals surface area contributed by atoms with Gasteiger partial charge in [0.15, 0.2) is 0 Å². The molecule has 2 aromatic carbocycles. The molecule has 0 heterocycles. The summed E-state index contributed by atoms with van der Waals surface area (Å²) in [6, 6.07) is 11.3. The largest absolute Gasteiger partial charge is 0.496 e. The molecule has 0 N–H and O–H groups in total. The molecule has 126 valence electrons. The van der Waals surface area contributed by atoms with Gasteiger partial charge in [0.25, 0.3) is 0 Å². The van der Waals surface area contributed by atoms with Crippen LogP contribution in [-0.4, -0.2) is 23.8 Å². The summed E-state index contributed by atoms with van der Waals surface area (Å²) in [5, 5.41) is 11.7. The van der Waals surface area contributed by atoms with E-state index in [0.29, 0.717) is 16.5 Å². The predicted molar refractivity (Wildman–Crippen MR) is 92.1 cm³/mol. The topological polar surface area (TPSA) is 78.7 Å². The van der Waals surface area contributed by atoms with Crippen molar-refractivity contribution in [3.05, 3.63) is 57.6 Å². The number of nitrogens with zero attached hydrogens (tertiary/aromatic N) is 1. The molecule has 8 heteroatoms. The Kier molecular flexibility index (Phi) is 6.45. The SMILES string of the molecule is COc1ccc(OC(=O)CCSc2ccc(Cl)cc2)c([N+](=O)[O-])c1. The first-order valence-corrected chi connectivity index (χ1v) is 8.27. The van der Waals surface area contributed by atoms with Crippen molar-refractivity contribution >= 4 is 35.0 Å². The molecule has 0 radical (unpaired) electrons. The minimum Gasteiger partial charge on any atom is -0.496 e. The standard InChI is InChI=1S/C16H14ClNO5S/c1-22-12-4-7-15(14(10-12)18(20)21)23-16(19)8-9-24-13-5-2-11(17)3-6-13/h2-7,10H,8-9H2,1H3. The summed E-state index contributed by atoms with van der Waals surface area (Å²) in [6.07, 6.45) is 0.122. The fourth-order valence-corrected chi connectivity index (χ4v) is 2.77. The number of nitro groups is 1. The molecule has 24 heavy (non-hydrogen) atoms. The van der Waals surface area contributed by atoms with Crippen LogP contribution in [0.4, 0.5) is 5.69 Å². The molecule has 0 unspecified atom stereocenters. The molecule has 0 fully saturated rings. The summed E-state index contributed by atoms with van der Waals surface area (Å²) < 4.78 is 10.0. The first kappa shape index (κ1) is 18.1. The highest BCUT2D eigenvalue weighted by Crippen LogP contribution is 2.31. The first-order valence-electron chi connectivity index (χ1n) is 6.91. The summed E-state index contributed by atoms with van der Waals surface area (Å²) in [7, 11) is 1.40. The van der Waals surface area contributed by atoms with E-state index in [1.54, 1.807) is 12.1 Å². The highest BCUT2D eigenvalue weighted by atomic mass is 35.5. The van der Waals surface area contributed by atoms with Gasteiger partial charge in [-0.05, 0) is 36.4 Å². The third kappa shape index (κ3) is 5.14. The molecule has 0 aliphatic carbocycles. The second-order valence-corrected chi connectivity index (χ2v) is 6.22. The summed E-state index contributed by atoms with van der Waals surface area (Å²) >= 11 is 7.27. The van der Waals surface area contributed by atoms with Crippen LogP contribution in [0, 0.1) is 10.1 Å². The van der Waals surface area contributed by atoms with Gasteiger partial charge < -0.3 is 9.47 Å². The van der Waals surface area contributed by atoms with Crippen LogP contribution in [0.2, 0.25) is 5.02 Å². The van der Waals surface area contributed by atoms with E-state index in [9.17, 15) is 14.9 Å². The second-order valence-electron chi connectivity index (χ2n) is 4.62. The number of halogens is 1. The second kappa shape index (κ2) is 8.56. The van der Waals surface area contributed by atoms with Gasteiger partial charge in [0.05, 0.1) is 24.5 Å². The van der Waals surface area contributed by atoms with Crippen LogP contribution >= 0.6 is 23.4 Å². The van der Waals surface area contributed by atoms with Crippen LogP contribution in [0.5, 0.6) is 11.5 Å². The molecule has 0 bridgehead atoms. The molecule has 2 aromatic rings. The third-order valence-corrected chi connectivity index (χ3v) is 4.24. The Morgan fingerprint density at radius 1 is 1.25 bits per heavy atom. The number of ether oxygens (including phenoxy) is 2. The zero-order chi connectivity index (χ0) is 17.5. The number of thioether (sulfide) groups is 1. The highest BCUT2D eigenvalue weighted by molar-refractivity contribution is 7.99. The lowest BCUT2D eigenvalue weighted by molar-refractivity contribution is -0.385. The Morgan fingerprint density at radius 2 is 1.96 bits per heavy atom. The molecule has 0 spiro atoms. The van der Waals surface area contributed by atoms with Crippen molar-refractivity contribution in [3.63, 3.8) is 0 Å². The minimum atomic E-state index is -0.617.